The van der Waals surface area contributed by atoms with Crippen LogP contribution in [-0.2, 0) is 0 Å². The first-order valence-electron chi connectivity index (χ1n) is 12.7. The largest absolute Gasteiger partial charge is 0.460 e. The minimum Gasteiger partial charge on any atom is -0.199 e. The quantitative estimate of drug-likeness (QED) is 0.127. The van der Waals surface area contributed by atoms with Gasteiger partial charge < -0.3 is 0 Å². The lowest BCUT2D eigenvalue weighted by Gasteiger charge is -2.47. The van der Waals surface area contributed by atoms with E-state index in [4.69, 9.17) is 0 Å². The van der Waals surface area contributed by atoms with E-state index in [2.05, 4.69) is 0 Å². The molecule has 0 aromatic rings. The standard InChI is InChI=1S/C21H7F37/c1-3(2)4(22,23)5(24,25)6(26,27)7(28,29)8(30,31)9(32,33)10(34,35)11(36,37)12(38,39)13(40,41)14(42,43)15(44,45)16(46,47)17(48,49)18(50,51)19(52,53)20(54,55)21(56,57)58/h3H,1-2H3. The number of hydrogen-bond acceptors (Lipinski definition) is 0. The van der Waals surface area contributed by atoms with Crippen molar-refractivity contribution in [1.29, 1.82) is 0 Å². The Morgan fingerprint density at radius 3 is 0.379 bits per heavy atom. The molecule has 0 rings (SSSR count). The van der Waals surface area contributed by atoms with Gasteiger partial charge in [0.1, 0.15) is 0 Å². The molecule has 0 radical (unpaired) electrons. The van der Waals surface area contributed by atoms with Gasteiger partial charge in [0.15, 0.2) is 0 Å². The maximum atomic E-state index is 13.9. The lowest BCUT2D eigenvalue weighted by molar-refractivity contribution is -0.494. The molecule has 37 heteroatoms. The molecule has 0 atom stereocenters. The van der Waals surface area contributed by atoms with Crippen LogP contribution >= 0.6 is 0 Å². The van der Waals surface area contributed by atoms with Gasteiger partial charge in [-0.15, -0.1) is 0 Å². The molecule has 0 saturated carbocycles. The Bertz CT molecular complexity index is 1480. The smallest absolute Gasteiger partial charge is 0.199 e. The highest BCUT2D eigenvalue weighted by Crippen LogP contribution is 2.70. The molecule has 0 saturated heterocycles. The van der Waals surface area contributed by atoms with Crippen LogP contribution in [-0.4, -0.2) is 107 Å². The van der Waals surface area contributed by atoms with Gasteiger partial charge in [0.25, 0.3) is 0 Å². The van der Waals surface area contributed by atoms with E-state index in [9.17, 15) is 162 Å². The Hall–Kier alpha value is -2.59. The van der Waals surface area contributed by atoms with Crippen molar-refractivity contribution < 1.29 is 162 Å². The summed E-state index contributed by atoms with van der Waals surface area (Å²) in [5, 5.41) is 0. The third-order valence-electron chi connectivity index (χ3n) is 7.41. The van der Waals surface area contributed by atoms with Gasteiger partial charge in [-0.05, 0) is 0 Å². The van der Waals surface area contributed by atoms with Crippen molar-refractivity contribution in [2.75, 3.05) is 0 Å². The molecule has 0 amide bonds. The topological polar surface area (TPSA) is 0 Å². The van der Waals surface area contributed by atoms with Crippen molar-refractivity contribution in [3.05, 3.63) is 0 Å². The van der Waals surface area contributed by atoms with E-state index in [1.54, 1.807) is 0 Å². The van der Waals surface area contributed by atoms with Crippen LogP contribution in [0.4, 0.5) is 162 Å². The Labute approximate surface area is 290 Å². The second-order valence-electron chi connectivity index (χ2n) is 11.5. The number of alkyl halides is 37. The molecule has 0 N–H and O–H groups in total. The van der Waals surface area contributed by atoms with Crippen LogP contribution in [0, 0.1) is 5.92 Å². The first kappa shape index (κ1) is 55.4. The molecule has 0 aromatic heterocycles. The molecule has 0 nitrogen and oxygen atoms in total. The first-order valence-corrected chi connectivity index (χ1v) is 12.7. The Balaban J connectivity index is 7.89. The minimum atomic E-state index is -10.4. The van der Waals surface area contributed by atoms with Gasteiger partial charge in [-0.2, -0.15) is 162 Å². The van der Waals surface area contributed by atoms with Crippen molar-refractivity contribution in [3.8, 4) is 0 Å². The van der Waals surface area contributed by atoms with Crippen LogP contribution in [0.15, 0.2) is 0 Å². The van der Waals surface area contributed by atoms with Crippen molar-refractivity contribution >= 4 is 0 Å². The van der Waals surface area contributed by atoms with Crippen molar-refractivity contribution in [1.82, 2.24) is 0 Å². The third-order valence-corrected chi connectivity index (χ3v) is 7.41. The van der Waals surface area contributed by atoms with E-state index in [0.29, 0.717) is 0 Å². The van der Waals surface area contributed by atoms with E-state index in [0.717, 1.165) is 0 Å². The monoisotopic (exact) mass is 962 g/mol. The second kappa shape index (κ2) is 13.2. The molecular weight excluding hydrogens is 955 g/mol. The Kier molecular flexibility index (Phi) is 12.6. The molecule has 0 aliphatic carbocycles. The second-order valence-corrected chi connectivity index (χ2v) is 11.5. The van der Waals surface area contributed by atoms with Crippen LogP contribution in [0.25, 0.3) is 0 Å². The molecule has 0 fully saturated rings. The maximum absolute atomic E-state index is 13.9. The fourth-order valence-corrected chi connectivity index (χ4v) is 3.51. The fraction of sp³-hybridized carbons (Fsp3) is 1.00. The highest BCUT2D eigenvalue weighted by Gasteiger charge is 3.02. The predicted octanol–water partition coefficient (Wildman–Crippen LogP) is 13.0. The van der Waals surface area contributed by atoms with E-state index in [-0.39, 0.29) is 0 Å². The van der Waals surface area contributed by atoms with Crippen LogP contribution in [0.3, 0.4) is 0 Å². The molecular formula is C21H7F37. The molecule has 0 aromatic carbocycles. The van der Waals surface area contributed by atoms with E-state index < -0.39 is 127 Å². The van der Waals surface area contributed by atoms with Crippen LogP contribution in [0.2, 0.25) is 0 Å². The van der Waals surface area contributed by atoms with Crippen LogP contribution < -0.4 is 0 Å². The van der Waals surface area contributed by atoms with Gasteiger partial charge in [0.05, 0.1) is 0 Å². The lowest BCUT2D eigenvalue weighted by Crippen LogP contribution is -2.80. The lowest BCUT2D eigenvalue weighted by atomic mass is 9.81. The van der Waals surface area contributed by atoms with Crippen molar-refractivity contribution in [3.63, 3.8) is 0 Å². The summed E-state index contributed by atoms with van der Waals surface area (Å²) in [4.78, 5) is 0. The molecule has 58 heavy (non-hydrogen) atoms. The van der Waals surface area contributed by atoms with Crippen LogP contribution in [0.5, 0.6) is 0 Å². The van der Waals surface area contributed by atoms with Gasteiger partial charge in [0.2, 0.25) is 0 Å². The van der Waals surface area contributed by atoms with Gasteiger partial charge in [-0.25, -0.2) is 0 Å². The highest BCUT2D eigenvalue weighted by atomic mass is 19.4. The van der Waals surface area contributed by atoms with Crippen molar-refractivity contribution in [2.45, 2.75) is 121 Å². The molecule has 350 valence electrons. The highest BCUT2D eigenvalue weighted by molar-refractivity contribution is 5.23. The van der Waals surface area contributed by atoms with Gasteiger partial charge in [-0.3, -0.25) is 0 Å². The van der Waals surface area contributed by atoms with Gasteiger partial charge in [0, 0.05) is 5.92 Å². The summed E-state index contributed by atoms with van der Waals surface area (Å²) in [7, 11) is 0. The fourth-order valence-electron chi connectivity index (χ4n) is 3.51. The Morgan fingerprint density at radius 2 is 0.276 bits per heavy atom. The summed E-state index contributed by atoms with van der Waals surface area (Å²) in [5.41, 5.74) is 0. The molecule has 0 spiro atoms. The zero-order valence-electron chi connectivity index (χ0n) is 25.6. The molecule has 0 aliphatic rings. The zero-order valence-corrected chi connectivity index (χ0v) is 25.6. The summed E-state index contributed by atoms with van der Waals surface area (Å²) in [5.74, 6) is -168. The normalized spacial score (nSPS) is 17.4. The number of halogens is 37. The molecule has 0 heterocycles. The number of hydrogen-bond donors (Lipinski definition) is 0. The van der Waals surface area contributed by atoms with Gasteiger partial charge in [-0.1, -0.05) is 13.8 Å². The van der Waals surface area contributed by atoms with E-state index in [1.807, 2.05) is 0 Å². The van der Waals surface area contributed by atoms with Gasteiger partial charge >= 0.3 is 107 Å². The summed E-state index contributed by atoms with van der Waals surface area (Å²) >= 11 is 0. The third kappa shape index (κ3) is 6.00. The number of rotatable bonds is 17. The maximum Gasteiger partial charge on any atom is 0.460 e. The van der Waals surface area contributed by atoms with Crippen molar-refractivity contribution in [2.24, 2.45) is 5.92 Å². The molecule has 0 bridgehead atoms. The first-order chi connectivity index (χ1) is 24.2. The zero-order chi connectivity index (χ0) is 48.6. The average molecular weight is 962 g/mol. The summed E-state index contributed by atoms with van der Waals surface area (Å²) in [6.45, 7) is -0.870. The SMILES string of the molecule is CC(C)C(F)(F)C(F)(F)C(F)(F)C(F)(F)C(F)(F)C(F)(F)C(F)(F)C(F)(F)C(F)(F)C(F)(F)C(F)(F)C(F)(F)C(F)(F)C(F)(F)C(F)(F)C(F)(F)C(F)(F)C(F)(F)F. The average Bonchev–Trinajstić information content (AvgIpc) is 2.98. The van der Waals surface area contributed by atoms with Crippen LogP contribution in [0.1, 0.15) is 13.8 Å². The predicted molar refractivity (Wildman–Crippen MR) is 105 cm³/mol. The van der Waals surface area contributed by atoms with E-state index >= 15 is 0 Å². The van der Waals surface area contributed by atoms with E-state index in [1.165, 1.54) is 0 Å². The minimum absolute atomic E-state index is 0.435. The Morgan fingerprint density at radius 1 is 0.172 bits per heavy atom. The molecule has 0 aliphatic heterocycles. The summed E-state index contributed by atoms with van der Waals surface area (Å²) in [6, 6.07) is 0. The summed E-state index contributed by atoms with van der Waals surface area (Å²) < 4.78 is 501. The molecule has 0 unspecified atom stereocenters. The summed E-state index contributed by atoms with van der Waals surface area (Å²) in [6.07, 6.45) is -8.46.